The van der Waals surface area contributed by atoms with Gasteiger partial charge in [0.2, 0.25) is 0 Å². The summed E-state index contributed by atoms with van der Waals surface area (Å²) >= 11 is 0. The molecule has 0 fully saturated rings. The van der Waals surface area contributed by atoms with Crippen molar-refractivity contribution in [2.45, 2.75) is 19.0 Å². The largest absolute Gasteiger partial charge is 0.497 e. The molecule has 1 aliphatic rings. The van der Waals surface area contributed by atoms with Gasteiger partial charge in [0.05, 0.1) is 13.2 Å². The molecule has 0 spiro atoms. The van der Waals surface area contributed by atoms with E-state index in [1.807, 2.05) is 42.6 Å². The highest BCUT2D eigenvalue weighted by molar-refractivity contribution is 6.21. The van der Waals surface area contributed by atoms with Crippen molar-refractivity contribution in [2.24, 2.45) is 0 Å². The van der Waals surface area contributed by atoms with Gasteiger partial charge in [0, 0.05) is 24.7 Å². The summed E-state index contributed by atoms with van der Waals surface area (Å²) in [5.74, 6) is 0.979. The molecular weight excluding hydrogens is 418 g/mol. The second kappa shape index (κ2) is 9.80. The van der Waals surface area contributed by atoms with Crippen molar-refractivity contribution < 1.29 is 9.53 Å². The molecule has 1 aliphatic heterocycles. The van der Waals surface area contributed by atoms with E-state index in [1.54, 1.807) is 7.11 Å². The molecule has 0 amide bonds. The third-order valence-electron chi connectivity index (χ3n) is 6.39. The highest BCUT2D eigenvalue weighted by atomic mass is 16.5. The zero-order chi connectivity index (χ0) is 23.3. The van der Waals surface area contributed by atoms with E-state index in [9.17, 15) is 4.79 Å². The van der Waals surface area contributed by atoms with E-state index >= 15 is 0 Å². The number of hydrogen-bond acceptors (Lipinski definition) is 3. The fourth-order valence-electron chi connectivity index (χ4n) is 4.52. The van der Waals surface area contributed by atoms with Gasteiger partial charge in [-0.25, -0.2) is 0 Å². The van der Waals surface area contributed by atoms with Crippen molar-refractivity contribution in [3.05, 3.63) is 132 Å². The molecule has 3 nitrogen and oxygen atoms in total. The molecule has 3 heteroatoms. The number of carbonyl (C=O) groups is 1. The molecule has 1 atom stereocenters. The van der Waals surface area contributed by atoms with E-state index in [0.29, 0.717) is 6.42 Å². The number of rotatable bonds is 6. The number of nitrogens with zero attached hydrogens (tertiary/aromatic N) is 1. The second-order valence-electron chi connectivity index (χ2n) is 8.56. The van der Waals surface area contributed by atoms with Crippen LogP contribution in [0, 0.1) is 0 Å². The van der Waals surface area contributed by atoms with Crippen LogP contribution in [0.2, 0.25) is 0 Å². The average Bonchev–Trinajstić information content (AvgIpc) is 2.91. The highest BCUT2D eigenvalue weighted by Gasteiger charge is 2.29. The first-order valence-electron chi connectivity index (χ1n) is 11.6. The van der Waals surface area contributed by atoms with Crippen LogP contribution in [0.4, 0.5) is 0 Å². The highest BCUT2D eigenvalue weighted by Crippen LogP contribution is 2.36. The minimum absolute atomic E-state index is 0.0223. The first kappa shape index (κ1) is 21.7. The van der Waals surface area contributed by atoms with Gasteiger partial charge in [-0.15, -0.1) is 0 Å². The lowest BCUT2D eigenvalue weighted by atomic mass is 9.89. The molecule has 0 saturated heterocycles. The molecule has 4 aromatic rings. The van der Waals surface area contributed by atoms with Crippen LogP contribution in [-0.2, 0) is 11.3 Å². The fourth-order valence-corrected chi connectivity index (χ4v) is 4.52. The molecule has 0 bridgehead atoms. The monoisotopic (exact) mass is 445 g/mol. The quantitative estimate of drug-likeness (QED) is 0.323. The Morgan fingerprint density at radius 3 is 1.97 bits per heavy atom. The Bertz CT molecular complexity index is 1280. The van der Waals surface area contributed by atoms with Gasteiger partial charge in [0.25, 0.3) is 0 Å². The number of carbonyl (C=O) groups excluding carboxylic acids is 1. The second-order valence-corrected chi connectivity index (χ2v) is 8.56. The van der Waals surface area contributed by atoms with E-state index in [2.05, 4.69) is 77.7 Å². The third-order valence-corrected chi connectivity index (χ3v) is 6.39. The summed E-state index contributed by atoms with van der Waals surface area (Å²) in [7, 11) is 1.67. The van der Waals surface area contributed by atoms with E-state index in [4.69, 9.17) is 4.74 Å². The Balaban J connectivity index is 1.49. The first-order valence-corrected chi connectivity index (χ1v) is 11.6. The van der Waals surface area contributed by atoms with Crippen LogP contribution >= 0.6 is 0 Å². The van der Waals surface area contributed by atoms with Gasteiger partial charge in [-0.1, -0.05) is 97.1 Å². The van der Waals surface area contributed by atoms with E-state index < -0.39 is 0 Å². The summed E-state index contributed by atoms with van der Waals surface area (Å²) in [4.78, 5) is 15.6. The Morgan fingerprint density at radius 2 is 1.32 bits per heavy atom. The van der Waals surface area contributed by atoms with Crippen molar-refractivity contribution >= 4 is 11.4 Å². The molecule has 5 rings (SSSR count). The molecule has 168 valence electrons. The zero-order valence-corrected chi connectivity index (χ0v) is 19.2. The normalized spacial score (nSPS) is 15.7. The molecular formula is C31H27NO2. The SMILES string of the molecule is COc1ccc(C2CC(=O)C(c3ccc(-c4ccccc4)cc3)=CN2Cc2ccccc2)cc1. The van der Waals surface area contributed by atoms with E-state index in [-0.39, 0.29) is 11.8 Å². The topological polar surface area (TPSA) is 29.5 Å². The summed E-state index contributed by atoms with van der Waals surface area (Å²) in [6.45, 7) is 0.733. The van der Waals surface area contributed by atoms with Gasteiger partial charge in [-0.3, -0.25) is 4.79 Å². The van der Waals surface area contributed by atoms with Crippen LogP contribution in [0.15, 0.2) is 115 Å². The van der Waals surface area contributed by atoms with Crippen LogP contribution < -0.4 is 4.74 Å². The Hall–Kier alpha value is -4.11. The minimum Gasteiger partial charge on any atom is -0.497 e. The van der Waals surface area contributed by atoms with Gasteiger partial charge in [-0.2, -0.15) is 0 Å². The lowest BCUT2D eigenvalue weighted by Gasteiger charge is -2.35. The van der Waals surface area contributed by atoms with Crippen molar-refractivity contribution in [1.29, 1.82) is 0 Å². The predicted octanol–water partition coefficient (Wildman–Crippen LogP) is 6.92. The molecule has 0 saturated carbocycles. The van der Waals surface area contributed by atoms with Crippen LogP contribution in [0.25, 0.3) is 16.7 Å². The number of ether oxygens (including phenoxy) is 1. The van der Waals surface area contributed by atoms with Crippen molar-refractivity contribution in [2.75, 3.05) is 7.11 Å². The number of Topliss-reactive ketones (excluding diaryl/α,β-unsaturated/α-hetero) is 1. The zero-order valence-electron chi connectivity index (χ0n) is 19.2. The standard InChI is InChI=1S/C31H27NO2/c1-34-28-18-16-27(17-19-28)30-20-31(33)29(22-32(30)21-23-8-4-2-5-9-23)26-14-12-25(13-15-26)24-10-6-3-7-11-24/h2-19,22,30H,20-21H2,1H3. The molecule has 0 aromatic heterocycles. The third kappa shape index (κ3) is 4.65. The van der Waals surface area contributed by atoms with E-state index in [0.717, 1.165) is 34.6 Å². The van der Waals surface area contributed by atoms with Gasteiger partial charge in [-0.05, 0) is 39.9 Å². The van der Waals surface area contributed by atoms with Crippen molar-refractivity contribution in [3.63, 3.8) is 0 Å². The summed E-state index contributed by atoms with van der Waals surface area (Å²) in [5, 5.41) is 0. The molecule has 34 heavy (non-hydrogen) atoms. The Labute approximate surface area is 200 Å². The lowest BCUT2D eigenvalue weighted by molar-refractivity contribution is -0.115. The minimum atomic E-state index is -0.0223. The fraction of sp³-hybridized carbons (Fsp3) is 0.129. The molecule has 0 aliphatic carbocycles. The number of allylic oxidation sites excluding steroid dienone is 1. The molecule has 4 aromatic carbocycles. The maximum absolute atomic E-state index is 13.3. The van der Waals surface area contributed by atoms with Gasteiger partial charge in [0.1, 0.15) is 5.75 Å². The van der Waals surface area contributed by atoms with Crippen molar-refractivity contribution in [1.82, 2.24) is 4.90 Å². The molecule has 1 unspecified atom stereocenters. The molecule has 0 radical (unpaired) electrons. The average molecular weight is 446 g/mol. The predicted molar refractivity (Wildman–Crippen MR) is 137 cm³/mol. The van der Waals surface area contributed by atoms with Gasteiger partial charge in [0.15, 0.2) is 5.78 Å². The summed E-state index contributed by atoms with van der Waals surface area (Å²) in [5.41, 5.74) is 6.36. The number of methoxy groups -OCH3 is 1. The van der Waals surface area contributed by atoms with Crippen LogP contribution in [0.1, 0.15) is 29.2 Å². The summed E-state index contributed by atoms with van der Waals surface area (Å²) in [6.07, 6.45) is 2.48. The Morgan fingerprint density at radius 1 is 0.735 bits per heavy atom. The van der Waals surface area contributed by atoms with Gasteiger partial charge >= 0.3 is 0 Å². The van der Waals surface area contributed by atoms with Crippen LogP contribution in [-0.4, -0.2) is 17.8 Å². The maximum atomic E-state index is 13.3. The van der Waals surface area contributed by atoms with Crippen LogP contribution in [0.5, 0.6) is 5.75 Å². The van der Waals surface area contributed by atoms with E-state index in [1.165, 1.54) is 11.1 Å². The first-order chi connectivity index (χ1) is 16.7. The molecule has 1 heterocycles. The molecule has 0 N–H and O–H groups in total. The number of benzene rings is 4. The van der Waals surface area contributed by atoms with Crippen molar-refractivity contribution in [3.8, 4) is 16.9 Å². The van der Waals surface area contributed by atoms with Gasteiger partial charge < -0.3 is 9.64 Å². The maximum Gasteiger partial charge on any atom is 0.167 e. The summed E-state index contributed by atoms with van der Waals surface area (Å²) in [6, 6.07) is 37.0. The van der Waals surface area contributed by atoms with Crippen LogP contribution in [0.3, 0.4) is 0 Å². The summed E-state index contributed by atoms with van der Waals surface area (Å²) < 4.78 is 5.32. The number of hydrogen-bond donors (Lipinski definition) is 0. The Kier molecular flexibility index (Phi) is 6.26. The smallest absolute Gasteiger partial charge is 0.167 e. The number of ketones is 1. The lowest BCUT2D eigenvalue weighted by Crippen LogP contribution is -2.30.